The lowest BCUT2D eigenvalue weighted by molar-refractivity contribution is -0.0275. The predicted octanol–water partition coefficient (Wildman–Crippen LogP) is 2.10. The highest BCUT2D eigenvalue weighted by Gasteiger charge is 2.30. The number of likely N-dealkylation sites (tertiary alicyclic amines) is 1. The first-order valence-corrected chi connectivity index (χ1v) is 7.61. The summed E-state index contributed by atoms with van der Waals surface area (Å²) in [6.07, 6.45) is 3.81. The highest BCUT2D eigenvalue weighted by Crippen LogP contribution is 2.22. The second kappa shape index (κ2) is 7.46. The molecule has 2 atom stereocenters. The van der Waals surface area contributed by atoms with Crippen molar-refractivity contribution in [2.45, 2.75) is 52.6 Å². The van der Waals surface area contributed by atoms with Gasteiger partial charge in [0.05, 0.1) is 5.60 Å². The molecular weight excluding hydrogens is 224 g/mol. The van der Waals surface area contributed by atoms with E-state index in [1.165, 1.54) is 19.3 Å². The van der Waals surface area contributed by atoms with Crippen LogP contribution in [-0.4, -0.2) is 48.3 Å². The molecule has 0 spiro atoms. The summed E-state index contributed by atoms with van der Waals surface area (Å²) in [6.45, 7) is 13.7. The monoisotopic (exact) mass is 256 g/mol. The molecule has 0 radical (unpaired) electrons. The van der Waals surface area contributed by atoms with Crippen LogP contribution in [0, 0.1) is 11.8 Å². The fourth-order valence-corrected chi connectivity index (χ4v) is 2.58. The van der Waals surface area contributed by atoms with Gasteiger partial charge < -0.3 is 15.3 Å². The molecule has 108 valence electrons. The van der Waals surface area contributed by atoms with Crippen molar-refractivity contribution in [2.75, 3.05) is 32.7 Å². The Morgan fingerprint density at radius 2 is 2.17 bits per heavy atom. The summed E-state index contributed by atoms with van der Waals surface area (Å²) in [5.74, 6) is 1.07. The van der Waals surface area contributed by atoms with Crippen molar-refractivity contribution in [2.24, 2.45) is 11.8 Å². The molecule has 0 bridgehead atoms. The zero-order valence-electron chi connectivity index (χ0n) is 12.7. The molecule has 0 saturated carbocycles. The summed E-state index contributed by atoms with van der Waals surface area (Å²) in [5, 5.41) is 13.9. The molecule has 0 aromatic carbocycles. The third kappa shape index (κ3) is 5.25. The Balaban J connectivity index is 2.34. The summed E-state index contributed by atoms with van der Waals surface area (Å²) in [4.78, 5) is 2.45. The molecule has 2 N–H and O–H groups in total. The van der Waals surface area contributed by atoms with Gasteiger partial charge in [0.2, 0.25) is 0 Å². The fraction of sp³-hybridized carbons (Fsp3) is 1.00. The molecule has 3 heteroatoms. The highest BCUT2D eigenvalue weighted by atomic mass is 16.3. The van der Waals surface area contributed by atoms with Crippen molar-refractivity contribution < 1.29 is 5.11 Å². The smallest absolute Gasteiger partial charge is 0.0768 e. The van der Waals surface area contributed by atoms with E-state index < -0.39 is 5.60 Å². The minimum Gasteiger partial charge on any atom is -0.389 e. The van der Waals surface area contributed by atoms with E-state index in [2.05, 4.69) is 31.0 Å². The van der Waals surface area contributed by atoms with Gasteiger partial charge in [-0.2, -0.15) is 0 Å². The largest absolute Gasteiger partial charge is 0.389 e. The second-order valence-electron chi connectivity index (χ2n) is 6.46. The Morgan fingerprint density at radius 3 is 2.78 bits per heavy atom. The Hall–Kier alpha value is -0.120. The lowest BCUT2D eigenvalue weighted by Gasteiger charge is -2.39. The van der Waals surface area contributed by atoms with Gasteiger partial charge in [0, 0.05) is 13.1 Å². The molecule has 1 rings (SSSR count). The van der Waals surface area contributed by atoms with Crippen LogP contribution in [0.1, 0.15) is 47.0 Å². The van der Waals surface area contributed by atoms with Gasteiger partial charge in [-0.15, -0.1) is 0 Å². The van der Waals surface area contributed by atoms with Crippen LogP contribution in [0.2, 0.25) is 0 Å². The fourth-order valence-electron chi connectivity index (χ4n) is 2.58. The van der Waals surface area contributed by atoms with E-state index in [4.69, 9.17) is 0 Å². The normalized spacial score (nSPS) is 25.3. The Bertz CT molecular complexity index is 229. The molecule has 1 fully saturated rings. The van der Waals surface area contributed by atoms with E-state index in [1.54, 1.807) is 0 Å². The quantitative estimate of drug-likeness (QED) is 0.685. The van der Waals surface area contributed by atoms with Gasteiger partial charge in [0.15, 0.2) is 0 Å². The van der Waals surface area contributed by atoms with E-state index in [0.29, 0.717) is 5.92 Å². The molecule has 1 saturated heterocycles. The molecule has 0 aromatic heterocycles. The summed E-state index contributed by atoms with van der Waals surface area (Å²) >= 11 is 0. The van der Waals surface area contributed by atoms with Crippen LogP contribution in [0.3, 0.4) is 0 Å². The Kier molecular flexibility index (Phi) is 6.61. The number of nitrogens with one attached hydrogen (secondary N) is 1. The average Bonchev–Trinajstić information content (AvgIpc) is 2.29. The summed E-state index contributed by atoms with van der Waals surface area (Å²) in [5.41, 5.74) is -0.557. The van der Waals surface area contributed by atoms with E-state index in [1.807, 2.05) is 6.92 Å². The Morgan fingerprint density at radius 1 is 1.44 bits per heavy atom. The van der Waals surface area contributed by atoms with Crippen molar-refractivity contribution in [3.8, 4) is 0 Å². The van der Waals surface area contributed by atoms with Gasteiger partial charge >= 0.3 is 0 Å². The van der Waals surface area contributed by atoms with Crippen LogP contribution >= 0.6 is 0 Å². The van der Waals surface area contributed by atoms with Crippen LogP contribution in [0.15, 0.2) is 0 Å². The third-order valence-corrected chi connectivity index (χ3v) is 4.25. The molecular formula is C15H32N2O. The zero-order valence-corrected chi connectivity index (χ0v) is 12.7. The summed E-state index contributed by atoms with van der Waals surface area (Å²) in [7, 11) is 0. The SMILES string of the molecule is CCCNCC1CCCN(CC(C)(O)C(C)C)C1. The van der Waals surface area contributed by atoms with Crippen molar-refractivity contribution in [1.82, 2.24) is 10.2 Å². The van der Waals surface area contributed by atoms with E-state index in [0.717, 1.165) is 38.6 Å². The van der Waals surface area contributed by atoms with Crippen LogP contribution in [0.5, 0.6) is 0 Å². The molecule has 3 nitrogen and oxygen atoms in total. The lowest BCUT2D eigenvalue weighted by Crippen LogP contribution is -2.49. The Labute approximate surface area is 113 Å². The molecule has 0 aliphatic carbocycles. The van der Waals surface area contributed by atoms with Crippen LogP contribution in [0.25, 0.3) is 0 Å². The lowest BCUT2D eigenvalue weighted by atomic mass is 9.90. The maximum Gasteiger partial charge on any atom is 0.0768 e. The van der Waals surface area contributed by atoms with Crippen LogP contribution in [0.4, 0.5) is 0 Å². The maximum absolute atomic E-state index is 10.4. The second-order valence-corrected chi connectivity index (χ2v) is 6.46. The van der Waals surface area contributed by atoms with E-state index in [-0.39, 0.29) is 0 Å². The first-order chi connectivity index (χ1) is 8.45. The van der Waals surface area contributed by atoms with Gasteiger partial charge in [-0.05, 0) is 57.7 Å². The molecule has 0 aromatic rings. The van der Waals surface area contributed by atoms with E-state index >= 15 is 0 Å². The molecule has 18 heavy (non-hydrogen) atoms. The number of hydrogen-bond acceptors (Lipinski definition) is 3. The van der Waals surface area contributed by atoms with Crippen molar-refractivity contribution in [3.05, 3.63) is 0 Å². The number of piperidine rings is 1. The number of nitrogens with zero attached hydrogens (tertiary/aromatic N) is 1. The first-order valence-electron chi connectivity index (χ1n) is 7.61. The van der Waals surface area contributed by atoms with Crippen LogP contribution in [-0.2, 0) is 0 Å². The molecule has 1 heterocycles. The number of rotatable bonds is 7. The molecule has 0 amide bonds. The zero-order chi connectivity index (χ0) is 13.6. The van der Waals surface area contributed by atoms with Crippen LogP contribution < -0.4 is 5.32 Å². The summed E-state index contributed by atoms with van der Waals surface area (Å²) < 4.78 is 0. The van der Waals surface area contributed by atoms with Gasteiger partial charge in [-0.25, -0.2) is 0 Å². The summed E-state index contributed by atoms with van der Waals surface area (Å²) in [6, 6.07) is 0. The topological polar surface area (TPSA) is 35.5 Å². The molecule has 1 aliphatic heterocycles. The van der Waals surface area contributed by atoms with Gasteiger partial charge in [-0.1, -0.05) is 20.8 Å². The number of hydrogen-bond donors (Lipinski definition) is 2. The number of β-amino-alcohol motifs (C(OH)–C–C–N with tert-alkyl or cyclic N) is 1. The average molecular weight is 256 g/mol. The highest BCUT2D eigenvalue weighted by molar-refractivity contribution is 4.84. The minimum absolute atomic E-state index is 0.316. The van der Waals surface area contributed by atoms with Crippen molar-refractivity contribution in [3.63, 3.8) is 0 Å². The first kappa shape index (κ1) is 15.9. The van der Waals surface area contributed by atoms with E-state index in [9.17, 15) is 5.11 Å². The van der Waals surface area contributed by atoms with Gasteiger partial charge in [0.25, 0.3) is 0 Å². The third-order valence-electron chi connectivity index (χ3n) is 4.25. The molecule has 1 aliphatic rings. The maximum atomic E-state index is 10.4. The van der Waals surface area contributed by atoms with Gasteiger partial charge in [0.1, 0.15) is 0 Å². The number of aliphatic hydroxyl groups is 1. The molecule has 2 unspecified atom stereocenters. The standard InChI is InChI=1S/C15H32N2O/c1-5-8-16-10-14-7-6-9-17(11-14)12-15(4,18)13(2)3/h13-14,16,18H,5-12H2,1-4H3. The van der Waals surface area contributed by atoms with Gasteiger partial charge in [-0.3, -0.25) is 0 Å². The minimum atomic E-state index is -0.557. The van der Waals surface area contributed by atoms with Crippen molar-refractivity contribution >= 4 is 0 Å². The predicted molar refractivity (Wildman–Crippen MR) is 77.8 cm³/mol. The van der Waals surface area contributed by atoms with Crippen molar-refractivity contribution in [1.29, 1.82) is 0 Å².